The van der Waals surface area contributed by atoms with E-state index in [1.807, 2.05) is 25.1 Å². The largest absolute Gasteiger partial charge is 0.490 e. The van der Waals surface area contributed by atoms with Crippen LogP contribution in [0.25, 0.3) is 0 Å². The van der Waals surface area contributed by atoms with E-state index >= 15 is 0 Å². The van der Waals surface area contributed by atoms with Crippen LogP contribution in [0.2, 0.25) is 0 Å². The molecule has 0 radical (unpaired) electrons. The zero-order valence-electron chi connectivity index (χ0n) is 13.4. The summed E-state index contributed by atoms with van der Waals surface area (Å²) in [4.78, 5) is 27.3. The molecule has 0 saturated heterocycles. The van der Waals surface area contributed by atoms with Gasteiger partial charge in [-0.05, 0) is 30.7 Å². The van der Waals surface area contributed by atoms with Gasteiger partial charge < -0.3 is 14.8 Å². The third-order valence-corrected chi connectivity index (χ3v) is 3.75. The highest BCUT2D eigenvalue weighted by Crippen LogP contribution is 2.32. The molecule has 7 nitrogen and oxygen atoms in total. The Morgan fingerprint density at radius 1 is 1.33 bits per heavy atom. The molecule has 2 heterocycles. The fourth-order valence-corrected chi connectivity index (χ4v) is 2.48. The zero-order chi connectivity index (χ0) is 16.9. The number of benzene rings is 1. The number of fused-ring (bicyclic) bond motifs is 1. The van der Waals surface area contributed by atoms with Gasteiger partial charge in [-0.2, -0.15) is 0 Å². The van der Waals surface area contributed by atoms with Crippen LogP contribution in [-0.4, -0.2) is 28.7 Å². The highest BCUT2D eigenvalue weighted by Gasteiger charge is 2.15. The number of carbonyl (C=O) groups excluding carboxylic acids is 1. The van der Waals surface area contributed by atoms with Crippen molar-refractivity contribution in [3.63, 3.8) is 0 Å². The minimum absolute atomic E-state index is 0.0679. The Balaban J connectivity index is 1.67. The molecule has 1 aromatic carbocycles. The first-order valence-electron chi connectivity index (χ1n) is 7.84. The van der Waals surface area contributed by atoms with Gasteiger partial charge in [0.2, 0.25) is 5.91 Å². The molecule has 1 aliphatic rings. The van der Waals surface area contributed by atoms with Crippen molar-refractivity contribution in [1.29, 1.82) is 0 Å². The van der Waals surface area contributed by atoms with Crippen molar-refractivity contribution in [2.24, 2.45) is 0 Å². The Kier molecular flexibility index (Phi) is 4.79. The molecule has 1 amide bonds. The average Bonchev–Trinajstić information content (AvgIpc) is 2.81. The molecule has 126 valence electrons. The number of amides is 1. The van der Waals surface area contributed by atoms with Gasteiger partial charge in [0.25, 0.3) is 0 Å². The van der Waals surface area contributed by atoms with Gasteiger partial charge in [-0.15, -0.1) is 0 Å². The minimum atomic E-state index is -0.448. The molecule has 24 heavy (non-hydrogen) atoms. The van der Waals surface area contributed by atoms with Gasteiger partial charge in [0.15, 0.2) is 11.5 Å². The van der Waals surface area contributed by atoms with Crippen LogP contribution in [0.5, 0.6) is 11.5 Å². The van der Waals surface area contributed by atoms with E-state index in [0.29, 0.717) is 19.0 Å². The molecule has 0 saturated carbocycles. The maximum absolute atomic E-state index is 12.1. The van der Waals surface area contributed by atoms with Crippen molar-refractivity contribution in [1.82, 2.24) is 14.9 Å². The number of ether oxygens (including phenoxy) is 2. The first-order chi connectivity index (χ1) is 11.6. The van der Waals surface area contributed by atoms with Crippen molar-refractivity contribution in [3.8, 4) is 11.5 Å². The molecule has 1 aromatic heterocycles. The van der Waals surface area contributed by atoms with Crippen LogP contribution in [0.15, 0.2) is 41.5 Å². The van der Waals surface area contributed by atoms with Crippen molar-refractivity contribution >= 4 is 5.91 Å². The predicted octanol–water partition coefficient (Wildman–Crippen LogP) is 1.28. The fraction of sp³-hybridized carbons (Fsp3) is 0.353. The van der Waals surface area contributed by atoms with E-state index in [1.54, 1.807) is 6.07 Å². The van der Waals surface area contributed by atoms with Gasteiger partial charge in [-0.3, -0.25) is 9.36 Å². The summed E-state index contributed by atoms with van der Waals surface area (Å²) in [6.07, 6.45) is 3.78. The first kappa shape index (κ1) is 16.0. The van der Waals surface area contributed by atoms with Crippen LogP contribution in [0, 0.1) is 0 Å². The summed E-state index contributed by atoms with van der Waals surface area (Å²) in [6.45, 7) is 3.06. The van der Waals surface area contributed by atoms with Crippen molar-refractivity contribution in [3.05, 3.63) is 52.7 Å². The van der Waals surface area contributed by atoms with Crippen LogP contribution in [0.1, 0.15) is 24.9 Å². The second-order valence-electron chi connectivity index (χ2n) is 5.58. The Labute approximate surface area is 139 Å². The maximum Gasteiger partial charge on any atom is 0.347 e. The van der Waals surface area contributed by atoms with E-state index in [0.717, 1.165) is 17.7 Å². The number of aromatic nitrogens is 2. The topological polar surface area (TPSA) is 82.5 Å². The Bertz CT molecular complexity index is 787. The summed E-state index contributed by atoms with van der Waals surface area (Å²) in [7, 11) is 0. The molecule has 3 rings (SSSR count). The molecule has 0 aliphatic carbocycles. The lowest BCUT2D eigenvalue weighted by atomic mass is 10.1. The van der Waals surface area contributed by atoms with Gasteiger partial charge in [-0.1, -0.05) is 6.07 Å². The van der Waals surface area contributed by atoms with Crippen LogP contribution in [-0.2, 0) is 11.3 Å². The quantitative estimate of drug-likeness (QED) is 0.914. The van der Waals surface area contributed by atoms with E-state index in [1.165, 1.54) is 17.0 Å². The summed E-state index contributed by atoms with van der Waals surface area (Å²) in [6, 6.07) is 7.02. The van der Waals surface area contributed by atoms with E-state index in [4.69, 9.17) is 9.47 Å². The number of nitrogens with one attached hydrogen (secondary N) is 1. The lowest BCUT2D eigenvalue weighted by Gasteiger charge is -2.16. The molecule has 0 bridgehead atoms. The summed E-state index contributed by atoms with van der Waals surface area (Å²) in [5.41, 5.74) is 0.460. The van der Waals surface area contributed by atoms with E-state index in [2.05, 4.69) is 10.3 Å². The first-order valence-corrected chi connectivity index (χ1v) is 7.84. The van der Waals surface area contributed by atoms with Crippen LogP contribution in [0.4, 0.5) is 0 Å². The average molecular weight is 329 g/mol. The third kappa shape index (κ3) is 3.73. The van der Waals surface area contributed by atoms with Crippen molar-refractivity contribution in [2.45, 2.75) is 25.9 Å². The van der Waals surface area contributed by atoms with E-state index in [9.17, 15) is 9.59 Å². The van der Waals surface area contributed by atoms with Gasteiger partial charge in [0, 0.05) is 18.8 Å². The van der Waals surface area contributed by atoms with E-state index in [-0.39, 0.29) is 18.5 Å². The van der Waals surface area contributed by atoms with Crippen molar-refractivity contribution < 1.29 is 14.3 Å². The Morgan fingerprint density at radius 2 is 2.12 bits per heavy atom. The smallest absolute Gasteiger partial charge is 0.347 e. The Morgan fingerprint density at radius 3 is 2.92 bits per heavy atom. The van der Waals surface area contributed by atoms with Gasteiger partial charge in [0.1, 0.15) is 6.54 Å². The van der Waals surface area contributed by atoms with Gasteiger partial charge >= 0.3 is 5.69 Å². The summed E-state index contributed by atoms with van der Waals surface area (Å²) in [5.74, 6) is 1.15. The van der Waals surface area contributed by atoms with Gasteiger partial charge in [-0.25, -0.2) is 9.78 Å². The summed E-state index contributed by atoms with van der Waals surface area (Å²) in [5, 5.41) is 2.87. The Hall–Kier alpha value is -2.83. The number of carbonyl (C=O) groups is 1. The van der Waals surface area contributed by atoms with Gasteiger partial charge in [0.05, 0.1) is 19.3 Å². The van der Waals surface area contributed by atoms with E-state index < -0.39 is 5.69 Å². The lowest BCUT2D eigenvalue weighted by molar-refractivity contribution is -0.122. The van der Waals surface area contributed by atoms with Crippen LogP contribution < -0.4 is 20.5 Å². The highest BCUT2D eigenvalue weighted by atomic mass is 16.5. The normalized spacial score (nSPS) is 14.5. The number of hydrogen-bond acceptors (Lipinski definition) is 5. The number of hydrogen-bond donors (Lipinski definition) is 1. The SMILES string of the molecule is C[C@H](NC(=O)Cn1cccnc1=O)c1ccc2c(c1)OCCCO2. The molecular weight excluding hydrogens is 310 g/mol. The molecular formula is C17H19N3O4. The third-order valence-electron chi connectivity index (χ3n) is 3.75. The predicted molar refractivity (Wildman–Crippen MR) is 87.1 cm³/mol. The highest BCUT2D eigenvalue weighted by molar-refractivity contribution is 5.76. The molecule has 1 atom stereocenters. The summed E-state index contributed by atoms with van der Waals surface area (Å²) >= 11 is 0. The standard InChI is InChI=1S/C17H19N3O4/c1-12(19-16(21)11-20-7-2-6-18-17(20)22)13-4-5-14-15(10-13)24-9-3-8-23-14/h2,4-7,10,12H,3,8-9,11H2,1H3,(H,19,21)/t12-/m0/s1. The lowest BCUT2D eigenvalue weighted by Crippen LogP contribution is -2.34. The van der Waals surface area contributed by atoms with Crippen LogP contribution in [0.3, 0.4) is 0 Å². The molecule has 1 N–H and O–H groups in total. The molecule has 2 aromatic rings. The second-order valence-corrected chi connectivity index (χ2v) is 5.58. The monoisotopic (exact) mass is 329 g/mol. The fourth-order valence-electron chi connectivity index (χ4n) is 2.48. The second kappa shape index (κ2) is 7.16. The molecule has 0 unspecified atom stereocenters. The number of nitrogens with zero attached hydrogens (tertiary/aromatic N) is 2. The molecule has 0 spiro atoms. The molecule has 0 fully saturated rings. The zero-order valence-corrected chi connectivity index (χ0v) is 13.4. The minimum Gasteiger partial charge on any atom is -0.490 e. The number of rotatable bonds is 4. The summed E-state index contributed by atoms with van der Waals surface area (Å²) < 4.78 is 12.5. The van der Waals surface area contributed by atoms with Crippen molar-refractivity contribution in [2.75, 3.05) is 13.2 Å². The molecule has 1 aliphatic heterocycles. The van der Waals surface area contributed by atoms with Crippen LogP contribution >= 0.6 is 0 Å². The maximum atomic E-state index is 12.1. The molecule has 7 heteroatoms.